The maximum Gasteiger partial charge on any atom is 0.164 e. The third-order valence-electron chi connectivity index (χ3n) is 11.9. The summed E-state index contributed by atoms with van der Waals surface area (Å²) in [4.78, 5) is 15.4. The van der Waals surface area contributed by atoms with E-state index in [2.05, 4.69) is 162 Å². The standard InChI is InChI=1S/C59H38N4/c1-2-13-39(14-3-1)46-19-10-20-47(37-46)51-24-12-18-42-17-11-23-50(56(42)51)41-28-30-43(31-29-41)57-60-58(62-59(61-57)48-32-27-40-15-4-5-16-45(40)38-48)44-33-35-49(36-34-44)63-54-25-8-6-21-52(54)53-22-7-9-26-55(53)63/h1-38H/i1D,2D,3D,13D,14D. The summed E-state index contributed by atoms with van der Waals surface area (Å²) in [5.74, 6) is 1.70. The summed E-state index contributed by atoms with van der Waals surface area (Å²) in [6.07, 6.45) is 0. The van der Waals surface area contributed by atoms with E-state index in [9.17, 15) is 0 Å². The Hall–Kier alpha value is -8.47. The lowest BCUT2D eigenvalue weighted by Gasteiger charge is -2.14. The molecule has 0 amide bonds. The van der Waals surface area contributed by atoms with Crippen molar-refractivity contribution in [2.24, 2.45) is 0 Å². The molecule has 0 unspecified atom stereocenters. The van der Waals surface area contributed by atoms with Crippen LogP contribution in [-0.4, -0.2) is 19.5 Å². The molecule has 0 aliphatic heterocycles. The molecule has 0 saturated heterocycles. The van der Waals surface area contributed by atoms with Gasteiger partial charge in [-0.2, -0.15) is 0 Å². The third kappa shape index (κ3) is 6.53. The second-order valence-electron chi connectivity index (χ2n) is 15.7. The minimum atomic E-state index is -0.410. The summed E-state index contributed by atoms with van der Waals surface area (Å²) in [7, 11) is 0. The highest BCUT2D eigenvalue weighted by Gasteiger charge is 2.17. The second kappa shape index (κ2) is 15.2. The topological polar surface area (TPSA) is 43.6 Å². The van der Waals surface area contributed by atoms with Crippen LogP contribution >= 0.6 is 0 Å². The molecule has 63 heavy (non-hydrogen) atoms. The predicted molar refractivity (Wildman–Crippen MR) is 262 cm³/mol. The fourth-order valence-corrected chi connectivity index (χ4v) is 8.91. The molecule has 294 valence electrons. The molecule has 0 aliphatic rings. The van der Waals surface area contributed by atoms with Crippen molar-refractivity contribution < 1.29 is 6.85 Å². The molecule has 4 nitrogen and oxygen atoms in total. The van der Waals surface area contributed by atoms with Crippen LogP contribution < -0.4 is 0 Å². The van der Waals surface area contributed by atoms with Crippen LogP contribution in [0.15, 0.2) is 230 Å². The highest BCUT2D eigenvalue weighted by Crippen LogP contribution is 2.39. The molecular weight excluding hydrogens is 765 g/mol. The van der Waals surface area contributed by atoms with Crippen molar-refractivity contribution in [3.63, 3.8) is 0 Å². The lowest BCUT2D eigenvalue weighted by Crippen LogP contribution is -2.01. The van der Waals surface area contributed by atoms with E-state index in [0.717, 1.165) is 77.2 Å². The average molecular weight is 808 g/mol. The van der Waals surface area contributed by atoms with Gasteiger partial charge in [0.1, 0.15) is 0 Å². The molecule has 0 saturated carbocycles. The van der Waals surface area contributed by atoms with Crippen LogP contribution in [0.1, 0.15) is 6.85 Å². The summed E-state index contributed by atoms with van der Waals surface area (Å²) in [5, 5.41) is 6.74. The molecule has 0 N–H and O–H groups in total. The highest BCUT2D eigenvalue weighted by molar-refractivity contribution is 6.09. The molecular formula is C59H38N4. The molecule has 10 aromatic carbocycles. The number of hydrogen-bond donors (Lipinski definition) is 0. The van der Waals surface area contributed by atoms with Crippen molar-refractivity contribution in [2.45, 2.75) is 0 Å². The summed E-state index contributed by atoms with van der Waals surface area (Å²) >= 11 is 0. The Balaban J connectivity index is 0.947. The van der Waals surface area contributed by atoms with Gasteiger partial charge in [-0.1, -0.05) is 182 Å². The molecule has 0 radical (unpaired) electrons. The molecule has 2 aromatic heterocycles. The number of para-hydroxylation sites is 2. The Morgan fingerprint density at radius 3 is 1.52 bits per heavy atom. The molecule has 4 heteroatoms. The van der Waals surface area contributed by atoms with Gasteiger partial charge in [0.25, 0.3) is 0 Å². The number of benzene rings is 10. The van der Waals surface area contributed by atoms with Crippen LogP contribution in [0.4, 0.5) is 0 Å². The normalized spacial score (nSPS) is 12.6. The minimum absolute atomic E-state index is 0.176. The Bertz CT molecular complexity index is 3890. The Labute approximate surface area is 372 Å². The summed E-state index contributed by atoms with van der Waals surface area (Å²) < 4.78 is 44.2. The first kappa shape index (κ1) is 31.4. The third-order valence-corrected chi connectivity index (χ3v) is 11.9. The van der Waals surface area contributed by atoms with E-state index < -0.39 is 6.04 Å². The number of nitrogens with zero attached hydrogens (tertiary/aromatic N) is 4. The van der Waals surface area contributed by atoms with Crippen molar-refractivity contribution in [1.29, 1.82) is 0 Å². The highest BCUT2D eigenvalue weighted by atomic mass is 15.0. The Morgan fingerprint density at radius 2 is 0.841 bits per heavy atom. The number of hydrogen-bond acceptors (Lipinski definition) is 3. The van der Waals surface area contributed by atoms with Gasteiger partial charge in [-0.05, 0) is 103 Å². The van der Waals surface area contributed by atoms with E-state index in [1.165, 1.54) is 10.8 Å². The first-order valence-corrected chi connectivity index (χ1v) is 20.9. The van der Waals surface area contributed by atoms with Crippen molar-refractivity contribution in [1.82, 2.24) is 19.5 Å². The molecule has 12 rings (SSSR count). The zero-order valence-electron chi connectivity index (χ0n) is 38.8. The van der Waals surface area contributed by atoms with Gasteiger partial charge in [-0.25, -0.2) is 15.0 Å². The smallest absolute Gasteiger partial charge is 0.164 e. The van der Waals surface area contributed by atoms with Gasteiger partial charge in [-0.15, -0.1) is 0 Å². The van der Waals surface area contributed by atoms with E-state index in [1.807, 2.05) is 36.4 Å². The number of fused-ring (bicyclic) bond motifs is 5. The molecule has 12 aromatic rings. The summed E-state index contributed by atoms with van der Waals surface area (Å²) in [5.41, 5.74) is 10.5. The van der Waals surface area contributed by atoms with Gasteiger partial charge in [0.15, 0.2) is 17.5 Å². The maximum absolute atomic E-state index is 8.64. The van der Waals surface area contributed by atoms with E-state index in [0.29, 0.717) is 23.0 Å². The van der Waals surface area contributed by atoms with Gasteiger partial charge < -0.3 is 4.57 Å². The van der Waals surface area contributed by atoms with E-state index in [-0.39, 0.29) is 29.7 Å². The number of aromatic nitrogens is 4. The molecule has 0 bridgehead atoms. The van der Waals surface area contributed by atoms with Gasteiger partial charge in [-0.3, -0.25) is 0 Å². The van der Waals surface area contributed by atoms with Crippen molar-refractivity contribution in [3.8, 4) is 73.2 Å². The van der Waals surface area contributed by atoms with Gasteiger partial charge in [0.05, 0.1) is 17.9 Å². The predicted octanol–water partition coefficient (Wildman–Crippen LogP) is 15.3. The minimum Gasteiger partial charge on any atom is -0.309 e. The van der Waals surface area contributed by atoms with Gasteiger partial charge in [0, 0.05) is 33.2 Å². The largest absolute Gasteiger partial charge is 0.309 e. The van der Waals surface area contributed by atoms with Gasteiger partial charge in [0.2, 0.25) is 0 Å². The van der Waals surface area contributed by atoms with Crippen LogP contribution in [0.5, 0.6) is 0 Å². The Kier molecular flexibility index (Phi) is 7.59. The molecule has 0 spiro atoms. The van der Waals surface area contributed by atoms with Crippen LogP contribution in [0, 0.1) is 0 Å². The van der Waals surface area contributed by atoms with E-state index in [4.69, 9.17) is 21.8 Å². The van der Waals surface area contributed by atoms with E-state index in [1.54, 1.807) is 6.07 Å². The zero-order chi connectivity index (χ0) is 46.0. The lowest BCUT2D eigenvalue weighted by atomic mass is 9.90. The van der Waals surface area contributed by atoms with Crippen LogP contribution in [0.3, 0.4) is 0 Å². The quantitative estimate of drug-likeness (QED) is 0.161. The Morgan fingerprint density at radius 1 is 0.333 bits per heavy atom. The molecule has 0 fully saturated rings. The lowest BCUT2D eigenvalue weighted by molar-refractivity contribution is 1.07. The first-order chi connectivity index (χ1) is 33.3. The molecule has 2 heterocycles. The van der Waals surface area contributed by atoms with Crippen molar-refractivity contribution in [2.75, 3.05) is 0 Å². The van der Waals surface area contributed by atoms with Crippen molar-refractivity contribution >= 4 is 43.4 Å². The fourth-order valence-electron chi connectivity index (χ4n) is 8.91. The second-order valence-corrected chi connectivity index (χ2v) is 15.7. The zero-order valence-corrected chi connectivity index (χ0v) is 33.8. The van der Waals surface area contributed by atoms with Crippen molar-refractivity contribution in [3.05, 3.63) is 230 Å². The summed E-state index contributed by atoms with van der Waals surface area (Å²) in [6.45, 7) is 0. The average Bonchev–Trinajstić information content (AvgIpc) is 3.73. The molecule has 0 aliphatic carbocycles. The van der Waals surface area contributed by atoms with E-state index >= 15 is 0 Å². The van der Waals surface area contributed by atoms with Gasteiger partial charge >= 0.3 is 0 Å². The SMILES string of the molecule is [2H]c1c([2H])c([2H])c(-c2cccc(-c3cccc4cccc(-c5ccc(-c6nc(-c7ccc(-n8c9ccccc9c9ccccc98)cc7)nc(-c7ccc8ccccc8c7)n6)cc5)c34)c2)c([2H])c1[2H]. The van der Waals surface area contributed by atoms with Crippen LogP contribution in [-0.2, 0) is 0 Å². The molecule has 0 atom stereocenters. The fraction of sp³-hybridized carbons (Fsp3) is 0. The first-order valence-electron chi connectivity index (χ1n) is 23.4. The maximum atomic E-state index is 8.64. The summed E-state index contributed by atoms with van der Waals surface area (Å²) in [6, 6.07) is 66.8. The monoisotopic (exact) mass is 807 g/mol. The van der Waals surface area contributed by atoms with Crippen LogP contribution in [0.2, 0.25) is 0 Å². The van der Waals surface area contributed by atoms with Crippen LogP contribution in [0.25, 0.3) is 117 Å². The number of rotatable bonds is 7.